The molecule has 1 heterocycles. The maximum atomic E-state index is 5.19. The van der Waals surface area contributed by atoms with Gasteiger partial charge < -0.3 is 10.1 Å². The number of hydrogen-bond acceptors (Lipinski definition) is 2. The number of halogens is 2. The Morgan fingerprint density at radius 2 is 1.91 bits per heavy atom. The number of rotatable bonds is 0. The second-order valence-corrected chi connectivity index (χ2v) is 2.87. The van der Waals surface area contributed by atoms with Crippen molar-refractivity contribution in [2.24, 2.45) is 0 Å². The molecule has 1 aliphatic rings. The van der Waals surface area contributed by atoms with E-state index in [-0.39, 0.29) is 0 Å². The van der Waals surface area contributed by atoms with Crippen LogP contribution in [-0.2, 0) is 4.74 Å². The molecule has 0 atom stereocenters. The molecule has 66 valence electrons. The molecule has 1 rings (SSSR count). The fourth-order valence-electron chi connectivity index (χ4n) is 0.516. The van der Waals surface area contributed by atoms with Gasteiger partial charge in [0.05, 0.1) is 13.2 Å². The Balaban J connectivity index is 0.000000187. The molecule has 1 saturated heterocycles. The molecule has 0 aliphatic carbocycles. The maximum absolute atomic E-state index is 5.19. The van der Waals surface area contributed by atoms with Crippen LogP contribution >= 0.6 is 23.2 Å². The molecule has 1 fully saturated rings. The molecule has 0 aromatic heterocycles. The predicted molar refractivity (Wildman–Crippen MR) is 49.2 cm³/mol. The van der Waals surface area contributed by atoms with E-state index in [1.165, 1.54) is 5.54 Å². The quantitative estimate of drug-likeness (QED) is 0.642. The summed E-state index contributed by atoms with van der Waals surface area (Å²) in [5, 5.41) is 3.78. The lowest BCUT2D eigenvalue weighted by molar-refractivity contribution is 0.109. The minimum absolute atomic E-state index is 0.617. The molecular formula is C7H13Cl2NO. The Morgan fingerprint density at radius 1 is 1.45 bits per heavy atom. The number of allylic oxidation sites excluding steroid dienone is 1. The van der Waals surface area contributed by atoms with E-state index in [2.05, 4.69) is 5.32 Å². The van der Waals surface area contributed by atoms with Crippen molar-refractivity contribution in [1.29, 1.82) is 0 Å². The van der Waals surface area contributed by atoms with E-state index < -0.39 is 0 Å². The summed E-state index contributed by atoms with van der Waals surface area (Å²) in [6, 6.07) is 0. The first kappa shape index (κ1) is 11.2. The minimum Gasteiger partial charge on any atom is -0.379 e. The van der Waals surface area contributed by atoms with Crippen LogP contribution in [0.4, 0.5) is 0 Å². The zero-order chi connectivity index (χ0) is 8.53. The van der Waals surface area contributed by atoms with Crippen molar-refractivity contribution in [3.8, 4) is 0 Å². The van der Waals surface area contributed by atoms with Crippen molar-refractivity contribution in [3.05, 3.63) is 10.6 Å². The van der Waals surface area contributed by atoms with Gasteiger partial charge in [-0.3, -0.25) is 0 Å². The monoisotopic (exact) mass is 197 g/mol. The lowest BCUT2D eigenvalue weighted by Gasteiger charge is -2.10. The summed E-state index contributed by atoms with van der Waals surface area (Å²) in [5.41, 5.74) is 1.32. The van der Waals surface area contributed by atoms with E-state index in [0.717, 1.165) is 26.3 Å². The molecule has 0 unspecified atom stereocenters. The molecule has 11 heavy (non-hydrogen) atoms. The van der Waals surface area contributed by atoms with Gasteiger partial charge in [-0.15, -0.1) is 0 Å². The molecule has 1 N–H and O–H groups in total. The molecule has 1 aliphatic heterocycles. The third kappa shape index (κ3) is 10.2. The Hall–Kier alpha value is 0.240. The number of nitrogens with one attached hydrogen (secondary N) is 1. The summed E-state index contributed by atoms with van der Waals surface area (Å²) in [5.74, 6) is 0. The van der Waals surface area contributed by atoms with Crippen molar-refractivity contribution in [3.63, 3.8) is 0 Å². The predicted octanol–water partition coefficient (Wildman–Crippen LogP) is 1.93. The van der Waals surface area contributed by atoms with Gasteiger partial charge >= 0.3 is 0 Å². The lowest BCUT2D eigenvalue weighted by atomic mass is 10.5. The summed E-state index contributed by atoms with van der Waals surface area (Å²) in [6.45, 7) is 5.55. The van der Waals surface area contributed by atoms with Gasteiger partial charge in [-0.2, -0.15) is 0 Å². The summed E-state index contributed by atoms with van der Waals surface area (Å²) in [7, 11) is 0. The molecule has 0 amide bonds. The highest BCUT2D eigenvalue weighted by atomic mass is 35.5. The first-order valence-electron chi connectivity index (χ1n) is 3.48. The van der Waals surface area contributed by atoms with E-state index in [4.69, 9.17) is 27.9 Å². The van der Waals surface area contributed by atoms with Gasteiger partial charge in [-0.1, -0.05) is 23.2 Å². The summed E-state index contributed by atoms with van der Waals surface area (Å²) in [6.07, 6.45) is 0. The van der Waals surface area contributed by atoms with Crippen LogP contribution in [0.25, 0.3) is 0 Å². The van der Waals surface area contributed by atoms with Crippen LogP contribution in [0, 0.1) is 0 Å². The molecule has 0 bridgehead atoms. The highest BCUT2D eigenvalue weighted by Gasteiger charge is 1.92. The first-order chi connectivity index (χ1) is 5.27. The van der Waals surface area contributed by atoms with Crippen LogP contribution in [0.1, 0.15) is 6.92 Å². The Kier molecular flexibility index (Phi) is 8.52. The molecule has 0 aromatic carbocycles. The Labute approximate surface area is 77.5 Å². The standard InChI is InChI=1S/C4H9NO.C3H4Cl2/c1-3-6-4-2-5-1;1-3(5)2-4/h5H,1-4H2;2H,1H3/b;3-2-. The largest absolute Gasteiger partial charge is 0.379 e. The summed E-state index contributed by atoms with van der Waals surface area (Å²) in [4.78, 5) is 0. The molecule has 0 aromatic rings. The van der Waals surface area contributed by atoms with Crippen LogP contribution in [0.5, 0.6) is 0 Å². The third-order valence-electron chi connectivity index (χ3n) is 0.997. The van der Waals surface area contributed by atoms with Gasteiger partial charge in [0.1, 0.15) is 0 Å². The highest BCUT2D eigenvalue weighted by Crippen LogP contribution is 1.97. The first-order valence-corrected chi connectivity index (χ1v) is 4.29. The van der Waals surface area contributed by atoms with Gasteiger partial charge in [-0.25, -0.2) is 0 Å². The zero-order valence-electron chi connectivity index (χ0n) is 6.57. The second kappa shape index (κ2) is 8.34. The zero-order valence-corrected chi connectivity index (χ0v) is 8.08. The van der Waals surface area contributed by atoms with E-state index in [1.807, 2.05) is 0 Å². The van der Waals surface area contributed by atoms with Gasteiger partial charge in [0.15, 0.2) is 0 Å². The molecule has 0 radical (unpaired) electrons. The highest BCUT2D eigenvalue weighted by molar-refractivity contribution is 6.36. The molecule has 0 saturated carbocycles. The van der Waals surface area contributed by atoms with E-state index in [9.17, 15) is 0 Å². The molecule has 0 spiro atoms. The van der Waals surface area contributed by atoms with E-state index in [0.29, 0.717) is 5.03 Å². The van der Waals surface area contributed by atoms with E-state index >= 15 is 0 Å². The number of ether oxygens (including phenoxy) is 1. The average molecular weight is 198 g/mol. The van der Waals surface area contributed by atoms with Crippen molar-refractivity contribution in [2.75, 3.05) is 26.3 Å². The molecule has 2 nitrogen and oxygen atoms in total. The van der Waals surface area contributed by atoms with Crippen molar-refractivity contribution >= 4 is 23.2 Å². The molecular weight excluding hydrogens is 185 g/mol. The van der Waals surface area contributed by atoms with Gasteiger partial charge in [0, 0.05) is 23.7 Å². The third-order valence-corrected chi connectivity index (χ3v) is 1.54. The number of hydrogen-bond donors (Lipinski definition) is 1. The van der Waals surface area contributed by atoms with Crippen molar-refractivity contribution in [1.82, 2.24) is 5.32 Å². The summed E-state index contributed by atoms with van der Waals surface area (Å²) >= 11 is 10.2. The second-order valence-electron chi connectivity index (χ2n) is 2.06. The van der Waals surface area contributed by atoms with Crippen molar-refractivity contribution < 1.29 is 4.74 Å². The SMILES string of the molecule is C/C(Cl)=C/Cl.C1COCCN1. The van der Waals surface area contributed by atoms with Gasteiger partial charge in [-0.05, 0) is 6.92 Å². The fraction of sp³-hybridized carbons (Fsp3) is 0.714. The molecule has 4 heteroatoms. The summed E-state index contributed by atoms with van der Waals surface area (Å²) < 4.78 is 5.01. The van der Waals surface area contributed by atoms with Crippen LogP contribution in [0.3, 0.4) is 0 Å². The van der Waals surface area contributed by atoms with Crippen LogP contribution in [-0.4, -0.2) is 26.3 Å². The van der Waals surface area contributed by atoms with Gasteiger partial charge in [0.2, 0.25) is 0 Å². The number of morpholine rings is 1. The topological polar surface area (TPSA) is 21.3 Å². The maximum Gasteiger partial charge on any atom is 0.0591 e. The van der Waals surface area contributed by atoms with Crippen molar-refractivity contribution in [2.45, 2.75) is 6.92 Å². The van der Waals surface area contributed by atoms with Crippen LogP contribution < -0.4 is 5.32 Å². The average Bonchev–Trinajstić information content (AvgIpc) is 2.09. The Bertz CT molecular complexity index is 97.5. The normalized spacial score (nSPS) is 18.6. The smallest absolute Gasteiger partial charge is 0.0591 e. The minimum atomic E-state index is 0.617. The van der Waals surface area contributed by atoms with E-state index in [1.54, 1.807) is 6.92 Å². The van der Waals surface area contributed by atoms with Crippen LogP contribution in [0.2, 0.25) is 0 Å². The Morgan fingerprint density at radius 3 is 2.00 bits per heavy atom. The van der Waals surface area contributed by atoms with Gasteiger partial charge in [0.25, 0.3) is 0 Å². The lowest BCUT2D eigenvalue weighted by Crippen LogP contribution is -2.30. The fourth-order valence-corrected chi connectivity index (χ4v) is 0.516. The van der Waals surface area contributed by atoms with Crippen LogP contribution in [0.15, 0.2) is 10.6 Å².